The molecule has 0 aromatic heterocycles. The number of hydrogen-bond acceptors (Lipinski definition) is 4. The molecule has 0 atom stereocenters. The molecular weight excluding hydrogens is 335 g/mol. The molecule has 1 aromatic rings. The van der Waals surface area contributed by atoms with E-state index in [9.17, 15) is 14.4 Å². The van der Waals surface area contributed by atoms with E-state index in [1.807, 2.05) is 0 Å². The number of halogens is 2. The largest absolute Gasteiger partial charge is 0.480 e. The Hall–Kier alpha value is -1.83. The van der Waals surface area contributed by atoms with Gasteiger partial charge in [-0.1, -0.05) is 23.2 Å². The second-order valence-corrected chi connectivity index (χ2v) is 4.92. The van der Waals surface area contributed by atoms with Crippen LogP contribution >= 0.6 is 23.2 Å². The van der Waals surface area contributed by atoms with E-state index in [4.69, 9.17) is 33.0 Å². The van der Waals surface area contributed by atoms with Crippen LogP contribution in [0.15, 0.2) is 18.2 Å². The van der Waals surface area contributed by atoms with Gasteiger partial charge in [-0.05, 0) is 18.2 Å². The molecule has 0 fully saturated rings. The van der Waals surface area contributed by atoms with E-state index in [1.165, 1.54) is 18.2 Å². The van der Waals surface area contributed by atoms with Crippen molar-refractivity contribution in [3.8, 4) is 0 Å². The summed E-state index contributed by atoms with van der Waals surface area (Å²) in [5, 5.41) is 13.8. The first-order valence-corrected chi connectivity index (χ1v) is 6.95. The first kappa shape index (κ1) is 18.2. The lowest BCUT2D eigenvalue weighted by atomic mass is 10.2. The summed E-state index contributed by atoms with van der Waals surface area (Å²) in [5.74, 6) is -1.97. The molecule has 0 saturated carbocycles. The van der Waals surface area contributed by atoms with Gasteiger partial charge < -0.3 is 20.5 Å². The molecule has 22 heavy (non-hydrogen) atoms. The average Bonchev–Trinajstić information content (AvgIpc) is 2.47. The van der Waals surface area contributed by atoms with E-state index in [0.29, 0.717) is 5.02 Å². The first-order valence-electron chi connectivity index (χ1n) is 6.19. The zero-order valence-electron chi connectivity index (χ0n) is 11.4. The van der Waals surface area contributed by atoms with Gasteiger partial charge in [0, 0.05) is 12.1 Å². The maximum absolute atomic E-state index is 11.8. The van der Waals surface area contributed by atoms with Gasteiger partial charge >= 0.3 is 5.97 Å². The van der Waals surface area contributed by atoms with Crippen molar-refractivity contribution in [2.75, 3.05) is 26.3 Å². The van der Waals surface area contributed by atoms with Crippen LogP contribution < -0.4 is 10.6 Å². The van der Waals surface area contributed by atoms with Crippen molar-refractivity contribution >= 4 is 41.0 Å². The summed E-state index contributed by atoms with van der Waals surface area (Å²) in [6.45, 7) is -0.435. The third-order valence-corrected chi connectivity index (χ3v) is 3.12. The molecular formula is C13H14Cl2N2O5. The molecule has 0 unspecified atom stereocenters. The second-order valence-electron chi connectivity index (χ2n) is 4.11. The molecule has 2 amide bonds. The molecule has 7 nitrogen and oxygen atoms in total. The van der Waals surface area contributed by atoms with Crippen LogP contribution in [0.25, 0.3) is 0 Å². The number of ether oxygens (including phenoxy) is 1. The molecule has 9 heteroatoms. The Bertz CT molecular complexity index is 565. The van der Waals surface area contributed by atoms with Crippen molar-refractivity contribution in [3.63, 3.8) is 0 Å². The Kier molecular flexibility index (Phi) is 7.65. The zero-order chi connectivity index (χ0) is 16.5. The molecule has 0 heterocycles. The van der Waals surface area contributed by atoms with Gasteiger partial charge in [0.2, 0.25) is 5.91 Å². The number of carbonyl (C=O) groups excluding carboxylic acids is 2. The summed E-state index contributed by atoms with van der Waals surface area (Å²) in [6.07, 6.45) is 0. The van der Waals surface area contributed by atoms with Crippen molar-refractivity contribution < 1.29 is 24.2 Å². The highest BCUT2D eigenvalue weighted by Crippen LogP contribution is 2.22. The van der Waals surface area contributed by atoms with Crippen LogP contribution in [-0.4, -0.2) is 49.2 Å². The quantitative estimate of drug-likeness (QED) is 0.606. The number of hydrogen-bond donors (Lipinski definition) is 3. The van der Waals surface area contributed by atoms with Crippen molar-refractivity contribution in [2.24, 2.45) is 0 Å². The van der Waals surface area contributed by atoms with Crippen LogP contribution in [0.4, 0.5) is 0 Å². The van der Waals surface area contributed by atoms with Gasteiger partial charge in [0.05, 0.1) is 23.2 Å². The predicted molar refractivity (Wildman–Crippen MR) is 80.3 cm³/mol. The highest BCUT2D eigenvalue weighted by Gasteiger charge is 2.09. The maximum Gasteiger partial charge on any atom is 0.329 e. The minimum atomic E-state index is -1.08. The highest BCUT2D eigenvalue weighted by atomic mass is 35.5. The third-order valence-electron chi connectivity index (χ3n) is 2.39. The van der Waals surface area contributed by atoms with Crippen LogP contribution in [0.3, 0.4) is 0 Å². The Morgan fingerprint density at radius 2 is 1.86 bits per heavy atom. The van der Waals surface area contributed by atoms with Crippen molar-refractivity contribution in [3.05, 3.63) is 33.8 Å². The van der Waals surface area contributed by atoms with Gasteiger partial charge in [-0.2, -0.15) is 0 Å². The Morgan fingerprint density at radius 3 is 2.50 bits per heavy atom. The average molecular weight is 349 g/mol. The molecule has 0 aliphatic rings. The van der Waals surface area contributed by atoms with Crippen molar-refractivity contribution in [2.45, 2.75) is 0 Å². The molecule has 1 aromatic carbocycles. The van der Waals surface area contributed by atoms with E-state index in [2.05, 4.69) is 10.6 Å². The number of carboxylic acids is 1. The smallest absolute Gasteiger partial charge is 0.329 e. The maximum atomic E-state index is 11.8. The molecule has 0 aliphatic carbocycles. The van der Waals surface area contributed by atoms with Crippen molar-refractivity contribution in [1.82, 2.24) is 10.6 Å². The minimum Gasteiger partial charge on any atom is -0.480 e. The zero-order valence-corrected chi connectivity index (χ0v) is 12.9. The normalized spacial score (nSPS) is 10.1. The fourth-order valence-electron chi connectivity index (χ4n) is 1.38. The van der Waals surface area contributed by atoms with E-state index < -0.39 is 24.4 Å². The topological polar surface area (TPSA) is 105 Å². The standard InChI is InChI=1S/C13H14Cl2N2O5/c14-9-2-1-8(5-10(9)15)13(21)17-6-11(18)16-3-4-22-7-12(19)20/h1-2,5H,3-4,6-7H2,(H,16,18)(H,17,21)(H,19,20). The summed E-state index contributed by atoms with van der Waals surface area (Å²) in [6, 6.07) is 4.37. The van der Waals surface area contributed by atoms with E-state index in [-0.39, 0.29) is 30.3 Å². The number of aliphatic carboxylic acids is 1. The molecule has 0 radical (unpaired) electrons. The fourth-order valence-corrected chi connectivity index (χ4v) is 1.68. The minimum absolute atomic E-state index is 0.0682. The number of rotatable bonds is 8. The monoisotopic (exact) mass is 348 g/mol. The van der Waals surface area contributed by atoms with Crippen LogP contribution in [0.1, 0.15) is 10.4 Å². The lowest BCUT2D eigenvalue weighted by Crippen LogP contribution is -2.38. The van der Waals surface area contributed by atoms with Crippen molar-refractivity contribution in [1.29, 1.82) is 0 Å². The Morgan fingerprint density at radius 1 is 1.14 bits per heavy atom. The lowest BCUT2D eigenvalue weighted by Gasteiger charge is -2.07. The van der Waals surface area contributed by atoms with E-state index >= 15 is 0 Å². The molecule has 1 rings (SSSR count). The number of carbonyl (C=O) groups is 3. The fraction of sp³-hybridized carbons (Fsp3) is 0.308. The Balaban J connectivity index is 2.27. The highest BCUT2D eigenvalue weighted by molar-refractivity contribution is 6.42. The van der Waals surface area contributed by atoms with Gasteiger partial charge in [-0.15, -0.1) is 0 Å². The summed E-state index contributed by atoms with van der Waals surface area (Å²) in [7, 11) is 0. The van der Waals surface area contributed by atoms with Crippen LogP contribution in [0, 0.1) is 0 Å². The third kappa shape index (κ3) is 6.75. The van der Waals surface area contributed by atoms with Crippen LogP contribution in [0.2, 0.25) is 10.0 Å². The van der Waals surface area contributed by atoms with Gasteiger partial charge in [0.1, 0.15) is 6.61 Å². The molecule has 0 aliphatic heterocycles. The summed E-state index contributed by atoms with van der Waals surface area (Å²) < 4.78 is 4.74. The van der Waals surface area contributed by atoms with Gasteiger partial charge in [0.25, 0.3) is 5.91 Å². The van der Waals surface area contributed by atoms with Crippen LogP contribution in [0.5, 0.6) is 0 Å². The first-order chi connectivity index (χ1) is 10.4. The lowest BCUT2D eigenvalue weighted by molar-refractivity contribution is -0.142. The number of amides is 2. The summed E-state index contributed by atoms with van der Waals surface area (Å²) in [5.41, 5.74) is 0.284. The van der Waals surface area contributed by atoms with Gasteiger partial charge in [-0.25, -0.2) is 4.79 Å². The molecule has 0 bridgehead atoms. The SMILES string of the molecule is O=C(O)COCCNC(=O)CNC(=O)c1ccc(Cl)c(Cl)c1. The molecule has 0 spiro atoms. The molecule has 0 saturated heterocycles. The summed E-state index contributed by atoms with van der Waals surface area (Å²) in [4.78, 5) is 33.4. The predicted octanol–water partition coefficient (Wildman–Crippen LogP) is 0.941. The van der Waals surface area contributed by atoms with Crippen LogP contribution in [-0.2, 0) is 14.3 Å². The summed E-state index contributed by atoms with van der Waals surface area (Å²) >= 11 is 11.5. The molecule has 120 valence electrons. The van der Waals surface area contributed by atoms with E-state index in [1.54, 1.807) is 0 Å². The van der Waals surface area contributed by atoms with Gasteiger partial charge in [0.15, 0.2) is 0 Å². The number of carboxylic acid groups (broad SMARTS) is 1. The number of benzene rings is 1. The van der Waals surface area contributed by atoms with Gasteiger partial charge in [-0.3, -0.25) is 9.59 Å². The van der Waals surface area contributed by atoms with E-state index in [0.717, 1.165) is 0 Å². The number of nitrogens with one attached hydrogen (secondary N) is 2. The Labute approximate surface area is 136 Å². The second kappa shape index (κ2) is 9.24. The molecule has 3 N–H and O–H groups in total.